The minimum absolute atomic E-state index is 0.677. The summed E-state index contributed by atoms with van der Waals surface area (Å²) in [6, 6.07) is 40.4. The van der Waals surface area contributed by atoms with Crippen molar-refractivity contribution in [2.75, 3.05) is 12.0 Å². The molecule has 0 aliphatic heterocycles. The number of methoxy groups -OCH3 is 1. The lowest BCUT2D eigenvalue weighted by molar-refractivity contribution is 0.409. The van der Waals surface area contributed by atoms with Crippen LogP contribution in [0.1, 0.15) is 0 Å². The second-order valence-electron chi connectivity index (χ2n) is 8.20. The lowest BCUT2D eigenvalue weighted by Crippen LogP contribution is -2.10. The molecule has 0 spiro atoms. The SMILES string of the molecule is COc1cccc(Oc2cc(N(c3ccccc3)c3ccccc3)c3c(c2)oc2ccccc23)c1. The second kappa shape index (κ2) is 8.92. The van der Waals surface area contributed by atoms with Gasteiger partial charge in [-0.3, -0.25) is 0 Å². The van der Waals surface area contributed by atoms with E-state index in [1.54, 1.807) is 7.11 Å². The van der Waals surface area contributed by atoms with E-state index in [0.717, 1.165) is 44.8 Å². The summed E-state index contributed by atoms with van der Waals surface area (Å²) in [4.78, 5) is 2.24. The van der Waals surface area contributed by atoms with E-state index in [1.165, 1.54) is 0 Å². The first-order chi connectivity index (χ1) is 17.3. The molecule has 1 aromatic heterocycles. The van der Waals surface area contributed by atoms with Gasteiger partial charge in [0.15, 0.2) is 0 Å². The second-order valence-corrected chi connectivity index (χ2v) is 8.20. The maximum Gasteiger partial charge on any atom is 0.141 e. The van der Waals surface area contributed by atoms with Crippen molar-refractivity contribution in [2.24, 2.45) is 0 Å². The summed E-state index contributed by atoms with van der Waals surface area (Å²) in [6.07, 6.45) is 0. The standard InChI is InChI=1S/C31H23NO3/c1-33-24-15-10-16-25(19-24)34-26-20-28(31-27-17-8-9-18-29(27)35-30(31)21-26)32(22-11-4-2-5-12-22)23-13-6-3-7-14-23/h2-21H,1H3. The van der Waals surface area contributed by atoms with Gasteiger partial charge in [-0.2, -0.15) is 0 Å². The molecule has 0 saturated carbocycles. The third-order valence-electron chi connectivity index (χ3n) is 5.98. The van der Waals surface area contributed by atoms with E-state index in [9.17, 15) is 0 Å². The van der Waals surface area contributed by atoms with Crippen molar-refractivity contribution in [1.82, 2.24) is 0 Å². The molecule has 0 saturated heterocycles. The number of nitrogens with zero attached hydrogens (tertiary/aromatic N) is 1. The summed E-state index contributed by atoms with van der Waals surface area (Å²) in [7, 11) is 1.65. The van der Waals surface area contributed by atoms with Crippen LogP contribution in [0.3, 0.4) is 0 Å². The first-order valence-electron chi connectivity index (χ1n) is 11.5. The van der Waals surface area contributed by atoms with Crippen LogP contribution in [-0.4, -0.2) is 7.11 Å². The molecule has 0 amide bonds. The molecule has 0 atom stereocenters. The summed E-state index contributed by atoms with van der Waals surface area (Å²) >= 11 is 0. The molecule has 0 unspecified atom stereocenters. The van der Waals surface area contributed by atoms with Crippen LogP contribution in [0.4, 0.5) is 17.1 Å². The van der Waals surface area contributed by atoms with Gasteiger partial charge in [0.2, 0.25) is 0 Å². The van der Waals surface area contributed by atoms with Gasteiger partial charge in [0.05, 0.1) is 18.2 Å². The number of rotatable bonds is 6. The highest BCUT2D eigenvalue weighted by Crippen LogP contribution is 2.45. The maximum atomic E-state index is 6.32. The number of hydrogen-bond donors (Lipinski definition) is 0. The smallest absolute Gasteiger partial charge is 0.141 e. The van der Waals surface area contributed by atoms with Crippen molar-refractivity contribution < 1.29 is 13.9 Å². The number of benzene rings is 5. The predicted molar refractivity (Wildman–Crippen MR) is 141 cm³/mol. The average Bonchev–Trinajstić information content (AvgIpc) is 3.29. The van der Waals surface area contributed by atoms with Crippen LogP contribution in [0.15, 0.2) is 126 Å². The summed E-state index contributed by atoms with van der Waals surface area (Å²) in [5, 5.41) is 2.09. The van der Waals surface area contributed by atoms with Gasteiger partial charge in [0.1, 0.15) is 28.4 Å². The molecule has 6 rings (SSSR count). The Bertz CT molecular complexity index is 1570. The molecule has 4 heteroatoms. The lowest BCUT2D eigenvalue weighted by Gasteiger charge is -2.26. The Morgan fingerprint density at radius 2 is 1.23 bits per heavy atom. The highest BCUT2D eigenvalue weighted by atomic mass is 16.5. The Labute approximate surface area is 203 Å². The minimum atomic E-state index is 0.677. The molecule has 0 bridgehead atoms. The first-order valence-corrected chi connectivity index (χ1v) is 11.5. The molecule has 0 N–H and O–H groups in total. The molecular formula is C31H23NO3. The van der Waals surface area contributed by atoms with Crippen LogP contribution in [0.25, 0.3) is 21.9 Å². The van der Waals surface area contributed by atoms with E-state index in [-0.39, 0.29) is 0 Å². The summed E-state index contributed by atoms with van der Waals surface area (Å²) in [6.45, 7) is 0. The minimum Gasteiger partial charge on any atom is -0.497 e. The topological polar surface area (TPSA) is 34.8 Å². The average molecular weight is 458 g/mol. The molecule has 5 aromatic carbocycles. The summed E-state index contributed by atoms with van der Waals surface area (Å²) in [5.74, 6) is 2.11. The molecule has 0 radical (unpaired) electrons. The molecule has 0 fully saturated rings. The quantitative estimate of drug-likeness (QED) is 0.250. The fourth-order valence-corrected chi connectivity index (χ4v) is 4.43. The third kappa shape index (κ3) is 3.96. The van der Waals surface area contributed by atoms with E-state index < -0.39 is 0 Å². The number of hydrogen-bond acceptors (Lipinski definition) is 4. The van der Waals surface area contributed by atoms with E-state index in [4.69, 9.17) is 13.9 Å². The molecular weight excluding hydrogens is 434 g/mol. The monoisotopic (exact) mass is 457 g/mol. The Kier molecular flexibility index (Phi) is 5.32. The van der Waals surface area contributed by atoms with E-state index in [2.05, 4.69) is 41.3 Å². The molecule has 4 nitrogen and oxygen atoms in total. The van der Waals surface area contributed by atoms with Crippen LogP contribution >= 0.6 is 0 Å². The summed E-state index contributed by atoms with van der Waals surface area (Å²) < 4.78 is 18.0. The van der Waals surface area contributed by atoms with Crippen molar-refractivity contribution in [3.8, 4) is 17.2 Å². The lowest BCUT2D eigenvalue weighted by atomic mass is 10.1. The van der Waals surface area contributed by atoms with Crippen LogP contribution < -0.4 is 14.4 Å². The third-order valence-corrected chi connectivity index (χ3v) is 5.98. The van der Waals surface area contributed by atoms with Crippen LogP contribution in [0.2, 0.25) is 0 Å². The van der Waals surface area contributed by atoms with Crippen molar-refractivity contribution in [2.45, 2.75) is 0 Å². The van der Waals surface area contributed by atoms with Gasteiger partial charge < -0.3 is 18.8 Å². The van der Waals surface area contributed by atoms with Gasteiger partial charge in [-0.05, 0) is 42.5 Å². The predicted octanol–water partition coefficient (Wildman–Crippen LogP) is 8.86. The fourth-order valence-electron chi connectivity index (χ4n) is 4.43. The fraction of sp³-hybridized carbons (Fsp3) is 0.0323. The Morgan fingerprint density at radius 1 is 0.571 bits per heavy atom. The molecule has 6 aromatic rings. The number of ether oxygens (including phenoxy) is 2. The molecule has 35 heavy (non-hydrogen) atoms. The molecule has 0 aliphatic rings. The van der Waals surface area contributed by atoms with Gasteiger partial charge in [-0.1, -0.05) is 60.7 Å². The van der Waals surface area contributed by atoms with Crippen molar-refractivity contribution in [3.05, 3.63) is 121 Å². The normalized spacial score (nSPS) is 11.0. The Morgan fingerprint density at radius 3 is 1.94 bits per heavy atom. The summed E-state index contributed by atoms with van der Waals surface area (Å²) in [5.41, 5.74) is 4.66. The van der Waals surface area contributed by atoms with Crippen molar-refractivity contribution in [1.29, 1.82) is 0 Å². The maximum absolute atomic E-state index is 6.32. The zero-order valence-corrected chi connectivity index (χ0v) is 19.2. The molecule has 0 aliphatic carbocycles. The van der Waals surface area contributed by atoms with Gasteiger partial charge in [-0.15, -0.1) is 0 Å². The van der Waals surface area contributed by atoms with Crippen LogP contribution in [0.5, 0.6) is 17.2 Å². The van der Waals surface area contributed by atoms with E-state index >= 15 is 0 Å². The first kappa shape index (κ1) is 20.9. The van der Waals surface area contributed by atoms with E-state index in [1.807, 2.05) is 84.9 Å². The van der Waals surface area contributed by atoms with Crippen molar-refractivity contribution in [3.63, 3.8) is 0 Å². The van der Waals surface area contributed by atoms with Crippen LogP contribution in [-0.2, 0) is 0 Å². The Balaban J connectivity index is 1.61. The zero-order valence-electron chi connectivity index (χ0n) is 19.2. The van der Waals surface area contributed by atoms with E-state index in [0.29, 0.717) is 11.5 Å². The largest absolute Gasteiger partial charge is 0.497 e. The van der Waals surface area contributed by atoms with Gasteiger partial charge in [0.25, 0.3) is 0 Å². The number of anilines is 3. The molecule has 1 heterocycles. The van der Waals surface area contributed by atoms with Gasteiger partial charge in [0, 0.05) is 35.0 Å². The zero-order chi connectivity index (χ0) is 23.6. The van der Waals surface area contributed by atoms with Crippen LogP contribution in [0, 0.1) is 0 Å². The van der Waals surface area contributed by atoms with Gasteiger partial charge >= 0.3 is 0 Å². The number of furan rings is 1. The number of para-hydroxylation sites is 3. The highest BCUT2D eigenvalue weighted by Gasteiger charge is 2.21. The van der Waals surface area contributed by atoms with Crippen molar-refractivity contribution >= 4 is 39.0 Å². The molecule has 170 valence electrons. The van der Waals surface area contributed by atoms with Gasteiger partial charge in [-0.25, -0.2) is 0 Å². The highest BCUT2D eigenvalue weighted by molar-refractivity contribution is 6.13. The Hall–Kier alpha value is -4.70. The number of fused-ring (bicyclic) bond motifs is 3.